The molecule has 0 aliphatic rings. The van der Waals surface area contributed by atoms with Gasteiger partial charge in [0.25, 0.3) is 0 Å². The normalized spacial score (nSPS) is 12.2. The van der Waals surface area contributed by atoms with E-state index in [0.717, 1.165) is 11.1 Å². The smallest absolute Gasteiger partial charge is 0.180 e. The molecule has 0 aromatic heterocycles. The van der Waals surface area contributed by atoms with E-state index >= 15 is 0 Å². The molecule has 0 amide bonds. The summed E-state index contributed by atoms with van der Waals surface area (Å²) in [6.45, 7) is 11.2. The van der Waals surface area contributed by atoms with E-state index < -0.39 is 15.1 Å². The zero-order valence-electron chi connectivity index (χ0n) is 13.1. The Labute approximate surface area is 122 Å². The van der Waals surface area contributed by atoms with Gasteiger partial charge in [-0.2, -0.15) is 5.26 Å². The lowest BCUT2D eigenvalue weighted by atomic mass is 9.92. The SMILES string of the molecule is CC(C)c1cc(S(=O)(=O)C(C)C)c(C(C)C)cc1C#N. The number of nitrogens with zero attached hydrogens (tertiary/aromatic N) is 1. The summed E-state index contributed by atoms with van der Waals surface area (Å²) >= 11 is 0. The van der Waals surface area contributed by atoms with Gasteiger partial charge < -0.3 is 0 Å². The topological polar surface area (TPSA) is 57.9 Å². The van der Waals surface area contributed by atoms with Gasteiger partial charge in [0.05, 0.1) is 21.8 Å². The standard InChI is InChI=1S/C16H23NO2S/c1-10(2)14-8-16(20(18,19)12(5)6)15(11(3)4)7-13(14)9-17/h7-8,10-12H,1-6H3. The molecule has 0 aliphatic carbocycles. The van der Waals surface area contributed by atoms with Gasteiger partial charge in [-0.15, -0.1) is 0 Å². The van der Waals surface area contributed by atoms with Crippen LogP contribution in [0.1, 0.15) is 70.1 Å². The molecule has 0 N–H and O–H groups in total. The molecule has 1 aromatic carbocycles. The van der Waals surface area contributed by atoms with Gasteiger partial charge in [-0.3, -0.25) is 0 Å². The first-order valence-electron chi connectivity index (χ1n) is 6.94. The minimum Gasteiger partial charge on any atom is -0.223 e. The van der Waals surface area contributed by atoms with Crippen molar-refractivity contribution in [1.29, 1.82) is 5.26 Å². The Morgan fingerprint density at radius 1 is 0.950 bits per heavy atom. The quantitative estimate of drug-likeness (QED) is 0.843. The highest BCUT2D eigenvalue weighted by atomic mass is 32.2. The van der Waals surface area contributed by atoms with Crippen molar-refractivity contribution in [2.45, 2.75) is 63.5 Å². The third-order valence-electron chi connectivity index (χ3n) is 3.47. The van der Waals surface area contributed by atoms with Crippen LogP contribution < -0.4 is 0 Å². The summed E-state index contributed by atoms with van der Waals surface area (Å²) in [4.78, 5) is 0.380. The molecule has 0 aliphatic heterocycles. The van der Waals surface area contributed by atoms with Crippen LogP contribution in [0.15, 0.2) is 17.0 Å². The molecule has 20 heavy (non-hydrogen) atoms. The molecule has 1 rings (SSSR count). The summed E-state index contributed by atoms with van der Waals surface area (Å²) in [7, 11) is -3.34. The van der Waals surface area contributed by atoms with E-state index in [1.54, 1.807) is 26.0 Å². The predicted molar refractivity (Wildman–Crippen MR) is 81.7 cm³/mol. The van der Waals surface area contributed by atoms with Gasteiger partial charge in [0, 0.05) is 0 Å². The molecule has 0 heterocycles. The van der Waals surface area contributed by atoms with Gasteiger partial charge in [-0.25, -0.2) is 8.42 Å². The van der Waals surface area contributed by atoms with Gasteiger partial charge in [-0.05, 0) is 48.9 Å². The third kappa shape index (κ3) is 3.04. The van der Waals surface area contributed by atoms with Crippen LogP contribution in [0.4, 0.5) is 0 Å². The Morgan fingerprint density at radius 2 is 1.45 bits per heavy atom. The molecule has 0 saturated carbocycles. The average molecular weight is 293 g/mol. The van der Waals surface area contributed by atoms with Gasteiger partial charge >= 0.3 is 0 Å². The maximum atomic E-state index is 12.5. The van der Waals surface area contributed by atoms with E-state index in [9.17, 15) is 13.7 Å². The second-order valence-corrected chi connectivity index (χ2v) is 8.46. The van der Waals surface area contributed by atoms with Crippen molar-refractivity contribution in [3.63, 3.8) is 0 Å². The summed E-state index contributed by atoms with van der Waals surface area (Å²) in [5, 5.41) is 8.81. The molecule has 0 bridgehead atoms. The number of hydrogen-bond donors (Lipinski definition) is 0. The van der Waals surface area contributed by atoms with Crippen LogP contribution in [0.3, 0.4) is 0 Å². The molecule has 0 radical (unpaired) electrons. The molecule has 0 fully saturated rings. The van der Waals surface area contributed by atoms with Gasteiger partial charge in [0.15, 0.2) is 9.84 Å². The number of sulfone groups is 1. The fourth-order valence-electron chi connectivity index (χ4n) is 2.14. The number of nitriles is 1. The lowest BCUT2D eigenvalue weighted by molar-refractivity contribution is 0.584. The summed E-state index contributed by atoms with van der Waals surface area (Å²) in [6.07, 6.45) is 0. The van der Waals surface area contributed by atoms with Crippen molar-refractivity contribution in [2.24, 2.45) is 0 Å². The van der Waals surface area contributed by atoms with Crippen molar-refractivity contribution in [1.82, 2.24) is 0 Å². The van der Waals surface area contributed by atoms with Crippen LogP contribution in [-0.2, 0) is 9.84 Å². The number of benzene rings is 1. The Morgan fingerprint density at radius 3 is 1.80 bits per heavy atom. The first-order valence-corrected chi connectivity index (χ1v) is 8.49. The van der Waals surface area contributed by atoms with Crippen LogP contribution in [0.25, 0.3) is 0 Å². The summed E-state index contributed by atoms with van der Waals surface area (Å²) in [5.74, 6) is 0.179. The van der Waals surface area contributed by atoms with Crippen molar-refractivity contribution < 1.29 is 8.42 Å². The largest absolute Gasteiger partial charge is 0.223 e. The molecule has 3 nitrogen and oxygen atoms in total. The van der Waals surface area contributed by atoms with E-state index in [2.05, 4.69) is 6.07 Å². The van der Waals surface area contributed by atoms with Gasteiger partial charge in [0.2, 0.25) is 0 Å². The minimum atomic E-state index is -3.34. The fraction of sp³-hybridized carbons (Fsp3) is 0.562. The Kier molecular flexibility index (Phi) is 4.99. The lowest BCUT2D eigenvalue weighted by Crippen LogP contribution is -2.17. The van der Waals surface area contributed by atoms with E-state index in [1.807, 2.05) is 27.7 Å². The average Bonchev–Trinajstić information content (AvgIpc) is 2.36. The van der Waals surface area contributed by atoms with E-state index in [-0.39, 0.29) is 11.8 Å². The summed E-state index contributed by atoms with van der Waals surface area (Å²) in [5.41, 5.74) is 2.11. The first kappa shape index (κ1) is 16.7. The molecule has 110 valence electrons. The zero-order chi connectivity index (χ0) is 15.7. The fourth-order valence-corrected chi connectivity index (χ4v) is 3.56. The van der Waals surface area contributed by atoms with Gasteiger partial charge in [-0.1, -0.05) is 27.7 Å². The highest BCUT2D eigenvalue weighted by Gasteiger charge is 2.26. The maximum Gasteiger partial charge on any atom is 0.180 e. The monoisotopic (exact) mass is 293 g/mol. The number of hydrogen-bond acceptors (Lipinski definition) is 3. The molecule has 1 aromatic rings. The van der Waals surface area contributed by atoms with Crippen molar-refractivity contribution in [3.05, 3.63) is 28.8 Å². The molecule has 0 atom stereocenters. The van der Waals surface area contributed by atoms with Crippen molar-refractivity contribution in [2.75, 3.05) is 0 Å². The highest BCUT2D eigenvalue weighted by molar-refractivity contribution is 7.92. The van der Waals surface area contributed by atoms with Crippen LogP contribution in [-0.4, -0.2) is 13.7 Å². The van der Waals surface area contributed by atoms with Gasteiger partial charge in [0.1, 0.15) is 0 Å². The van der Waals surface area contributed by atoms with E-state index in [0.29, 0.717) is 10.5 Å². The Bertz CT molecular complexity index is 635. The first-order chi connectivity index (χ1) is 9.12. The second kappa shape index (κ2) is 5.97. The molecule has 4 heteroatoms. The Balaban J connectivity index is 3.75. The van der Waals surface area contributed by atoms with Crippen molar-refractivity contribution in [3.8, 4) is 6.07 Å². The lowest BCUT2D eigenvalue weighted by Gasteiger charge is -2.19. The minimum absolute atomic E-state index is 0.0619. The summed E-state index contributed by atoms with van der Waals surface area (Å²) in [6, 6.07) is 5.63. The molecule has 0 unspecified atom stereocenters. The molecular formula is C16H23NO2S. The number of rotatable bonds is 4. The highest BCUT2D eigenvalue weighted by Crippen LogP contribution is 2.32. The third-order valence-corrected chi connectivity index (χ3v) is 5.68. The predicted octanol–water partition coefficient (Wildman–Crippen LogP) is 3.99. The van der Waals surface area contributed by atoms with Crippen molar-refractivity contribution >= 4 is 9.84 Å². The van der Waals surface area contributed by atoms with E-state index in [1.165, 1.54) is 0 Å². The van der Waals surface area contributed by atoms with Crippen LogP contribution in [0.5, 0.6) is 0 Å². The van der Waals surface area contributed by atoms with Crippen LogP contribution in [0, 0.1) is 11.3 Å². The second-order valence-electron chi connectivity index (χ2n) is 5.99. The van der Waals surface area contributed by atoms with Crippen LogP contribution in [0.2, 0.25) is 0 Å². The Hall–Kier alpha value is -1.34. The van der Waals surface area contributed by atoms with Crippen LogP contribution >= 0.6 is 0 Å². The molecular weight excluding hydrogens is 270 g/mol. The molecule has 0 spiro atoms. The molecule has 0 saturated heterocycles. The maximum absolute atomic E-state index is 12.5. The van der Waals surface area contributed by atoms with E-state index in [4.69, 9.17) is 0 Å². The zero-order valence-corrected chi connectivity index (χ0v) is 13.9. The summed E-state index contributed by atoms with van der Waals surface area (Å²) < 4.78 is 25.1.